The number of fused-ring (bicyclic) bond motifs is 1. The number of para-hydroxylation sites is 3. The Morgan fingerprint density at radius 2 is 1.61 bits per heavy atom. The van der Waals surface area contributed by atoms with Crippen molar-refractivity contribution in [1.82, 2.24) is 0 Å². The average molecular weight is 439 g/mol. The topological polar surface area (TPSA) is 50.4 Å². The molecule has 3 aromatic carbocycles. The predicted molar refractivity (Wildman–Crippen MR) is 134 cm³/mol. The van der Waals surface area contributed by atoms with Crippen LogP contribution in [0.25, 0.3) is 0 Å². The van der Waals surface area contributed by atoms with Gasteiger partial charge in [0.1, 0.15) is 5.75 Å². The van der Waals surface area contributed by atoms with Crippen LogP contribution in [-0.2, 0) is 4.79 Å². The summed E-state index contributed by atoms with van der Waals surface area (Å²) in [7, 11) is 0. The number of rotatable bonds is 6. The molecule has 0 spiro atoms. The number of nitrogens with one attached hydrogen (secondary N) is 2. The van der Waals surface area contributed by atoms with E-state index in [9.17, 15) is 4.79 Å². The molecule has 1 heterocycles. The van der Waals surface area contributed by atoms with Gasteiger partial charge in [-0.3, -0.25) is 4.79 Å². The number of allylic oxidation sites excluding steroid dienone is 1. The molecule has 0 bridgehead atoms. The summed E-state index contributed by atoms with van der Waals surface area (Å²) in [5, 5.41) is 7.29. The molecule has 0 amide bonds. The summed E-state index contributed by atoms with van der Waals surface area (Å²) in [5.74, 6) is 1.20. The summed E-state index contributed by atoms with van der Waals surface area (Å²) in [4.78, 5) is 13.7. The molecule has 2 N–H and O–H groups in total. The lowest BCUT2D eigenvalue weighted by molar-refractivity contribution is -0.116. The summed E-state index contributed by atoms with van der Waals surface area (Å²) < 4.78 is 6.17. The first-order valence-corrected chi connectivity index (χ1v) is 11.9. The van der Waals surface area contributed by atoms with E-state index in [-0.39, 0.29) is 17.7 Å². The van der Waals surface area contributed by atoms with Crippen molar-refractivity contribution in [3.63, 3.8) is 0 Å². The zero-order valence-corrected chi connectivity index (χ0v) is 19.0. The van der Waals surface area contributed by atoms with Crippen molar-refractivity contribution in [3.05, 3.63) is 101 Å². The Hall–Kier alpha value is -3.53. The van der Waals surface area contributed by atoms with Crippen molar-refractivity contribution in [2.45, 2.75) is 44.6 Å². The lowest BCUT2D eigenvalue weighted by Gasteiger charge is -2.30. The van der Waals surface area contributed by atoms with Gasteiger partial charge < -0.3 is 15.4 Å². The highest BCUT2D eigenvalue weighted by Gasteiger charge is 2.36. The third-order valence-electron chi connectivity index (χ3n) is 6.57. The Morgan fingerprint density at radius 3 is 2.42 bits per heavy atom. The maximum Gasteiger partial charge on any atom is 0.163 e. The Bertz CT molecular complexity index is 1170. The molecule has 1 aliphatic carbocycles. The quantitative estimate of drug-likeness (QED) is 0.414. The van der Waals surface area contributed by atoms with Gasteiger partial charge >= 0.3 is 0 Å². The van der Waals surface area contributed by atoms with Crippen molar-refractivity contribution in [2.75, 3.05) is 17.2 Å². The summed E-state index contributed by atoms with van der Waals surface area (Å²) in [6.07, 6.45) is 3.40. The largest absolute Gasteiger partial charge is 0.493 e. The van der Waals surface area contributed by atoms with Gasteiger partial charge in [-0.05, 0) is 42.5 Å². The molecule has 0 aromatic heterocycles. The number of ketones is 1. The fraction of sp³-hybridized carbons (Fsp3) is 0.276. The van der Waals surface area contributed by atoms with Crippen LogP contribution in [0.1, 0.15) is 55.7 Å². The fourth-order valence-electron chi connectivity index (χ4n) is 4.86. The molecule has 168 valence electrons. The molecule has 5 rings (SSSR count). The standard InChI is InChI=1S/C29H30N2O2/c1-2-3-17-33-27-16-10-7-13-22(27)29-28-25(30-23-14-8-9-15-24(23)31-29)18-21(19-26(28)32)20-11-5-4-6-12-20/h4-16,21,29-31H,2-3,17-19H2,1H3. The van der Waals surface area contributed by atoms with E-state index < -0.39 is 0 Å². The van der Waals surface area contributed by atoms with Crippen LogP contribution in [0.4, 0.5) is 11.4 Å². The van der Waals surface area contributed by atoms with Crippen LogP contribution >= 0.6 is 0 Å². The van der Waals surface area contributed by atoms with E-state index in [1.807, 2.05) is 48.5 Å². The second kappa shape index (κ2) is 9.53. The van der Waals surface area contributed by atoms with Crippen LogP contribution in [0.3, 0.4) is 0 Å². The second-order valence-electron chi connectivity index (χ2n) is 8.82. The molecule has 33 heavy (non-hydrogen) atoms. The van der Waals surface area contributed by atoms with Gasteiger partial charge in [-0.25, -0.2) is 0 Å². The average Bonchev–Trinajstić information content (AvgIpc) is 3.02. The molecular weight excluding hydrogens is 408 g/mol. The Labute approximate surface area is 195 Å². The van der Waals surface area contributed by atoms with Crippen molar-refractivity contribution in [1.29, 1.82) is 0 Å². The van der Waals surface area contributed by atoms with E-state index in [0.717, 1.165) is 53.2 Å². The molecule has 4 nitrogen and oxygen atoms in total. The number of anilines is 2. The lowest BCUT2D eigenvalue weighted by atomic mass is 9.78. The molecule has 0 radical (unpaired) electrons. The van der Waals surface area contributed by atoms with Crippen LogP contribution < -0.4 is 15.4 Å². The molecule has 0 saturated heterocycles. The Morgan fingerprint density at radius 1 is 0.879 bits per heavy atom. The molecular formula is C29H30N2O2. The van der Waals surface area contributed by atoms with Gasteiger partial charge in [-0.2, -0.15) is 0 Å². The van der Waals surface area contributed by atoms with Crippen LogP contribution in [-0.4, -0.2) is 12.4 Å². The molecule has 0 saturated carbocycles. The fourth-order valence-corrected chi connectivity index (χ4v) is 4.86. The van der Waals surface area contributed by atoms with Crippen molar-refractivity contribution >= 4 is 17.2 Å². The third kappa shape index (κ3) is 4.38. The highest BCUT2D eigenvalue weighted by atomic mass is 16.5. The van der Waals surface area contributed by atoms with Gasteiger partial charge in [-0.15, -0.1) is 0 Å². The monoisotopic (exact) mass is 438 g/mol. The minimum absolute atomic E-state index is 0.173. The molecule has 2 aliphatic rings. The van der Waals surface area contributed by atoms with E-state index >= 15 is 0 Å². The number of carbonyl (C=O) groups is 1. The number of hydrogen-bond donors (Lipinski definition) is 2. The number of hydrogen-bond acceptors (Lipinski definition) is 4. The number of carbonyl (C=O) groups excluding carboxylic acids is 1. The number of ether oxygens (including phenoxy) is 1. The first-order valence-electron chi connectivity index (χ1n) is 11.9. The van der Waals surface area contributed by atoms with Crippen LogP contribution in [0, 0.1) is 0 Å². The zero-order valence-electron chi connectivity index (χ0n) is 19.0. The van der Waals surface area contributed by atoms with E-state index in [0.29, 0.717) is 13.0 Å². The SMILES string of the molecule is CCCCOc1ccccc1C1Nc2ccccc2NC2=C1C(=O)CC(c1ccccc1)C2. The van der Waals surface area contributed by atoms with Gasteiger partial charge in [0.15, 0.2) is 5.78 Å². The van der Waals surface area contributed by atoms with Gasteiger partial charge in [0.2, 0.25) is 0 Å². The van der Waals surface area contributed by atoms with Crippen LogP contribution in [0.5, 0.6) is 5.75 Å². The first kappa shape index (κ1) is 21.3. The van der Waals surface area contributed by atoms with Crippen molar-refractivity contribution in [3.8, 4) is 5.75 Å². The smallest absolute Gasteiger partial charge is 0.163 e. The van der Waals surface area contributed by atoms with E-state index in [4.69, 9.17) is 4.74 Å². The summed E-state index contributed by atoms with van der Waals surface area (Å²) in [5.41, 5.74) is 6.04. The molecule has 1 aliphatic heterocycles. The minimum atomic E-state index is -0.266. The molecule has 2 atom stereocenters. The first-order chi connectivity index (χ1) is 16.2. The number of unbranched alkanes of at least 4 members (excludes halogenated alkanes) is 1. The summed E-state index contributed by atoms with van der Waals surface area (Å²) in [6, 6.07) is 26.4. The normalized spacial score (nSPS) is 19.6. The van der Waals surface area contributed by atoms with Crippen LogP contribution in [0.15, 0.2) is 90.1 Å². The van der Waals surface area contributed by atoms with E-state index in [2.05, 4.69) is 47.9 Å². The van der Waals surface area contributed by atoms with Gasteiger partial charge in [0.05, 0.1) is 24.0 Å². The van der Waals surface area contributed by atoms with Crippen molar-refractivity contribution < 1.29 is 9.53 Å². The van der Waals surface area contributed by atoms with E-state index in [1.165, 1.54) is 5.56 Å². The molecule has 0 fully saturated rings. The number of benzene rings is 3. The third-order valence-corrected chi connectivity index (χ3v) is 6.57. The van der Waals surface area contributed by atoms with Gasteiger partial charge in [0.25, 0.3) is 0 Å². The summed E-state index contributed by atoms with van der Waals surface area (Å²) >= 11 is 0. The number of Topliss-reactive ketones (excluding diaryl/α,β-unsaturated/α-hetero) is 1. The maximum atomic E-state index is 13.7. The van der Waals surface area contributed by atoms with Crippen LogP contribution in [0.2, 0.25) is 0 Å². The zero-order chi connectivity index (χ0) is 22.6. The van der Waals surface area contributed by atoms with Gasteiger partial charge in [-0.1, -0.05) is 74.0 Å². The van der Waals surface area contributed by atoms with Crippen molar-refractivity contribution in [2.24, 2.45) is 0 Å². The summed E-state index contributed by atoms with van der Waals surface area (Å²) in [6.45, 7) is 2.83. The molecule has 4 heteroatoms. The molecule has 3 aromatic rings. The highest BCUT2D eigenvalue weighted by molar-refractivity contribution is 6.01. The van der Waals surface area contributed by atoms with E-state index in [1.54, 1.807) is 0 Å². The Balaban J connectivity index is 1.58. The Kier molecular flexibility index (Phi) is 6.16. The highest BCUT2D eigenvalue weighted by Crippen LogP contribution is 2.45. The van der Waals surface area contributed by atoms with Gasteiger partial charge in [0, 0.05) is 23.3 Å². The lowest BCUT2D eigenvalue weighted by Crippen LogP contribution is -2.27. The predicted octanol–water partition coefficient (Wildman–Crippen LogP) is 6.85. The molecule has 2 unspecified atom stereocenters. The minimum Gasteiger partial charge on any atom is -0.493 e. The maximum absolute atomic E-state index is 13.7. The second-order valence-corrected chi connectivity index (χ2v) is 8.82.